The van der Waals surface area contributed by atoms with Gasteiger partial charge in [0, 0.05) is 24.8 Å². The topological polar surface area (TPSA) is 83.3 Å². The number of esters is 2. The number of hydrogen-bond acceptors (Lipinski definition) is 6. The van der Waals surface area contributed by atoms with Crippen molar-refractivity contribution >= 4 is 23.0 Å². The van der Waals surface area contributed by atoms with Crippen LogP contribution < -0.4 is 0 Å². The van der Waals surface area contributed by atoms with Crippen LogP contribution in [0.4, 0.5) is 0 Å². The smallest absolute Gasteiger partial charge is 0.321 e. The van der Waals surface area contributed by atoms with Crippen molar-refractivity contribution in [1.82, 2.24) is 14.5 Å². The van der Waals surface area contributed by atoms with Gasteiger partial charge in [0.05, 0.1) is 18.3 Å². The van der Waals surface area contributed by atoms with Crippen molar-refractivity contribution in [3.8, 4) is 5.69 Å². The number of aromatic nitrogens is 3. The molecule has 0 aliphatic carbocycles. The fraction of sp³-hybridized carbons (Fsp3) is 0.333. The summed E-state index contributed by atoms with van der Waals surface area (Å²) in [7, 11) is 1.25. The second-order valence-corrected chi connectivity index (χ2v) is 7.43. The number of carbonyl (C=O) groups excluding carboxylic acids is 2. The van der Waals surface area contributed by atoms with Crippen molar-refractivity contribution in [3.63, 3.8) is 0 Å². The average molecular weight is 381 g/mol. The minimum atomic E-state index is -0.964. The summed E-state index contributed by atoms with van der Waals surface area (Å²) in [5.74, 6) is -2.14. The van der Waals surface area contributed by atoms with E-state index in [9.17, 15) is 9.59 Å². The van der Waals surface area contributed by atoms with E-state index in [1.165, 1.54) is 18.3 Å². The minimum Gasteiger partial charge on any atom is -0.468 e. The van der Waals surface area contributed by atoms with E-state index in [0.29, 0.717) is 0 Å². The highest BCUT2D eigenvalue weighted by Gasteiger charge is 2.32. The van der Waals surface area contributed by atoms with Gasteiger partial charge in [0.25, 0.3) is 0 Å². The van der Waals surface area contributed by atoms with Gasteiger partial charge < -0.3 is 14.0 Å². The Bertz CT molecular complexity index is 954. The molecule has 7 heteroatoms. The summed E-state index contributed by atoms with van der Waals surface area (Å²) in [5, 5.41) is 0. The molecule has 2 aromatic heterocycles. The number of pyridine rings is 2. The number of hydrogen-bond donors (Lipinski definition) is 0. The maximum Gasteiger partial charge on any atom is 0.321 e. The molecule has 0 fully saturated rings. The standard InChI is InChI=1S/C14H19NO4.C7H4N2/c1-14(2,3)19-13(17)11(12(16)18-4)8-10-6-5-7-15-9-10;1-2-5-7(8-3-1)6-4-9(5)6/h5-7,9,11H,8H2,1-4H3;1-4H. The zero-order valence-corrected chi connectivity index (χ0v) is 16.4. The highest BCUT2D eigenvalue weighted by Crippen LogP contribution is 2.36. The average Bonchev–Trinajstić information content (AvgIpc) is 3.38. The van der Waals surface area contributed by atoms with Gasteiger partial charge in [-0.15, -0.1) is 0 Å². The number of methoxy groups -OCH3 is 1. The maximum atomic E-state index is 12.0. The van der Waals surface area contributed by atoms with Crippen LogP contribution in [-0.2, 0) is 25.5 Å². The lowest BCUT2D eigenvalue weighted by molar-refractivity contribution is -0.168. The molecule has 0 amide bonds. The maximum absolute atomic E-state index is 12.0. The zero-order chi connectivity index (χ0) is 20.3. The largest absolute Gasteiger partial charge is 0.468 e. The molecule has 2 aliphatic heterocycles. The Balaban J connectivity index is 0.000000202. The molecule has 28 heavy (non-hydrogen) atoms. The van der Waals surface area contributed by atoms with Crippen LogP contribution in [0.25, 0.3) is 16.7 Å². The molecule has 0 aromatic carbocycles. The molecule has 0 saturated heterocycles. The third-order valence-corrected chi connectivity index (χ3v) is 4.07. The molecule has 0 radical (unpaired) electrons. The third-order valence-electron chi connectivity index (χ3n) is 4.07. The van der Waals surface area contributed by atoms with E-state index in [1.807, 2.05) is 12.3 Å². The monoisotopic (exact) mass is 381 g/mol. The van der Waals surface area contributed by atoms with Crippen LogP contribution in [-0.4, -0.2) is 39.2 Å². The lowest BCUT2D eigenvalue weighted by Crippen LogP contribution is -2.34. The van der Waals surface area contributed by atoms with Crippen LogP contribution in [0.2, 0.25) is 0 Å². The first-order valence-corrected chi connectivity index (χ1v) is 8.96. The van der Waals surface area contributed by atoms with Gasteiger partial charge in [0.2, 0.25) is 0 Å². The first kappa shape index (κ1) is 19.5. The lowest BCUT2D eigenvalue weighted by atomic mass is 10.0. The number of ether oxygens (including phenoxy) is 2. The van der Waals surface area contributed by atoms with Crippen LogP contribution in [0.1, 0.15) is 26.3 Å². The van der Waals surface area contributed by atoms with Gasteiger partial charge >= 0.3 is 11.9 Å². The van der Waals surface area contributed by atoms with Crippen molar-refractivity contribution in [3.05, 3.63) is 54.6 Å². The predicted octanol–water partition coefficient (Wildman–Crippen LogP) is 3.09. The van der Waals surface area contributed by atoms with Crippen LogP contribution >= 0.6 is 0 Å². The number of carbonyl (C=O) groups is 2. The molecule has 2 aromatic rings. The number of fused-ring (bicyclic) bond motifs is 4. The summed E-state index contributed by atoms with van der Waals surface area (Å²) in [5.41, 5.74) is 3.86. The molecule has 0 N–H and O–H groups in total. The van der Waals surface area contributed by atoms with Crippen molar-refractivity contribution in [1.29, 1.82) is 0 Å². The molecule has 2 aliphatic rings. The normalized spacial score (nSPS) is 12.6. The zero-order valence-electron chi connectivity index (χ0n) is 16.4. The molecular formula is C21H23N3O4. The Morgan fingerprint density at radius 3 is 2.50 bits per heavy atom. The molecule has 7 nitrogen and oxygen atoms in total. The third kappa shape index (κ3) is 4.54. The van der Waals surface area contributed by atoms with Gasteiger partial charge in [-0.2, -0.15) is 0 Å². The van der Waals surface area contributed by atoms with Gasteiger partial charge in [-0.1, -0.05) is 6.07 Å². The Morgan fingerprint density at radius 2 is 1.89 bits per heavy atom. The molecule has 1 atom stereocenters. The van der Waals surface area contributed by atoms with Crippen molar-refractivity contribution in [2.24, 2.45) is 5.92 Å². The van der Waals surface area contributed by atoms with Crippen LogP contribution in [0.15, 0.2) is 49.1 Å². The molecule has 4 heterocycles. The second kappa shape index (κ2) is 7.80. The first-order chi connectivity index (χ1) is 13.3. The SMILES string of the molecule is COC(=O)C(Cc1cccnc1)C(=O)OC(C)(C)C.c1cnc2c3cn-3c2c1. The summed E-state index contributed by atoms with van der Waals surface area (Å²) in [6, 6.07) is 7.59. The summed E-state index contributed by atoms with van der Waals surface area (Å²) in [6.45, 7) is 5.26. The number of rotatable bonds is 4. The molecule has 0 saturated carbocycles. The molecule has 4 rings (SSSR count). The molecule has 1 unspecified atom stereocenters. The van der Waals surface area contributed by atoms with E-state index in [-0.39, 0.29) is 6.42 Å². The molecule has 0 bridgehead atoms. The van der Waals surface area contributed by atoms with E-state index in [1.54, 1.807) is 45.3 Å². The van der Waals surface area contributed by atoms with Gasteiger partial charge in [0.1, 0.15) is 11.1 Å². The van der Waals surface area contributed by atoms with E-state index in [2.05, 4.69) is 31.5 Å². The first-order valence-electron chi connectivity index (χ1n) is 8.96. The Hall–Kier alpha value is -3.22. The van der Waals surface area contributed by atoms with E-state index in [4.69, 9.17) is 4.74 Å². The van der Waals surface area contributed by atoms with Crippen molar-refractivity contribution in [2.45, 2.75) is 32.8 Å². The molecule has 146 valence electrons. The molecule has 0 spiro atoms. The minimum absolute atomic E-state index is 0.218. The Kier molecular flexibility index (Phi) is 5.44. The predicted molar refractivity (Wildman–Crippen MR) is 104 cm³/mol. The van der Waals surface area contributed by atoms with Crippen LogP contribution in [0.5, 0.6) is 0 Å². The summed E-state index contributed by atoms with van der Waals surface area (Å²) < 4.78 is 12.0. The lowest BCUT2D eigenvalue weighted by Gasteiger charge is -2.22. The fourth-order valence-electron chi connectivity index (χ4n) is 2.74. The summed E-state index contributed by atoms with van der Waals surface area (Å²) in [6.07, 6.45) is 7.38. The van der Waals surface area contributed by atoms with Crippen LogP contribution in [0.3, 0.4) is 0 Å². The van der Waals surface area contributed by atoms with Gasteiger partial charge in [-0.25, -0.2) is 0 Å². The van der Waals surface area contributed by atoms with Gasteiger partial charge in [-0.3, -0.25) is 19.6 Å². The number of nitrogens with zero attached hydrogens (tertiary/aromatic N) is 3. The van der Waals surface area contributed by atoms with E-state index in [0.717, 1.165) is 11.1 Å². The molecular weight excluding hydrogens is 358 g/mol. The fourth-order valence-corrected chi connectivity index (χ4v) is 2.74. The summed E-state index contributed by atoms with van der Waals surface area (Å²) in [4.78, 5) is 31.9. The van der Waals surface area contributed by atoms with Gasteiger partial charge in [-0.05, 0) is 51.0 Å². The summed E-state index contributed by atoms with van der Waals surface area (Å²) >= 11 is 0. The van der Waals surface area contributed by atoms with Crippen molar-refractivity contribution in [2.75, 3.05) is 7.11 Å². The highest BCUT2D eigenvalue weighted by molar-refractivity contribution is 5.97. The van der Waals surface area contributed by atoms with Crippen molar-refractivity contribution < 1.29 is 19.1 Å². The van der Waals surface area contributed by atoms with E-state index >= 15 is 0 Å². The van der Waals surface area contributed by atoms with Crippen LogP contribution in [0, 0.1) is 5.92 Å². The van der Waals surface area contributed by atoms with Gasteiger partial charge in [0.15, 0.2) is 5.92 Å². The highest BCUT2D eigenvalue weighted by atomic mass is 16.6. The Morgan fingerprint density at radius 1 is 1.14 bits per heavy atom. The quantitative estimate of drug-likeness (QED) is 0.399. The second-order valence-electron chi connectivity index (χ2n) is 7.43. The van der Waals surface area contributed by atoms with E-state index < -0.39 is 23.5 Å². The Labute approximate surface area is 163 Å².